The average Bonchev–Trinajstić information content (AvgIpc) is 1.88. The molecule has 0 aliphatic heterocycles. The number of amides is 1. The summed E-state index contributed by atoms with van der Waals surface area (Å²) in [6.07, 6.45) is 1.61. The molecule has 9 heavy (non-hydrogen) atoms. The molecule has 0 saturated carbocycles. The van der Waals surface area contributed by atoms with Gasteiger partial charge in [-0.05, 0) is 6.42 Å². The maximum atomic E-state index is 9.88. The van der Waals surface area contributed by atoms with E-state index in [2.05, 4.69) is 5.32 Å². The maximum Gasteiger partial charge on any atom is 0.207 e. The van der Waals surface area contributed by atoms with E-state index in [0.29, 0.717) is 13.0 Å². The lowest BCUT2D eigenvalue weighted by molar-refractivity contribution is -0.110. The first-order valence-electron chi connectivity index (χ1n) is 3.03. The summed E-state index contributed by atoms with van der Waals surface area (Å²) in [5.74, 6) is 0. The van der Waals surface area contributed by atoms with E-state index in [9.17, 15) is 4.79 Å². The molecular weight excluding hydrogens is 118 g/mol. The fourth-order valence-electron chi connectivity index (χ4n) is 0.581. The van der Waals surface area contributed by atoms with Crippen LogP contribution in [0.3, 0.4) is 0 Å². The van der Waals surface area contributed by atoms with Crippen molar-refractivity contribution < 1.29 is 9.53 Å². The minimum atomic E-state index is 0.174. The number of nitrogens with one attached hydrogen (secondary N) is 1. The number of hydrogen-bond acceptors (Lipinski definition) is 2. The highest BCUT2D eigenvalue weighted by atomic mass is 16.5. The van der Waals surface area contributed by atoms with Gasteiger partial charge in [0.25, 0.3) is 0 Å². The normalized spacial score (nSPS) is 12.7. The van der Waals surface area contributed by atoms with E-state index in [1.165, 1.54) is 0 Å². The molecule has 0 aromatic heterocycles. The first-order valence-corrected chi connectivity index (χ1v) is 3.03. The second-order valence-corrected chi connectivity index (χ2v) is 1.85. The van der Waals surface area contributed by atoms with Gasteiger partial charge in [0.05, 0.1) is 12.6 Å². The van der Waals surface area contributed by atoms with E-state index in [1.807, 2.05) is 6.92 Å². The first-order chi connectivity index (χ1) is 4.35. The number of methoxy groups -OCH3 is 1. The Kier molecular flexibility index (Phi) is 5.21. The van der Waals surface area contributed by atoms with Crippen LogP contribution in [0, 0.1) is 0 Å². The summed E-state index contributed by atoms with van der Waals surface area (Å²) < 4.78 is 4.83. The maximum absolute atomic E-state index is 9.88. The van der Waals surface area contributed by atoms with Crippen molar-refractivity contribution >= 4 is 6.41 Å². The zero-order chi connectivity index (χ0) is 7.11. The highest BCUT2D eigenvalue weighted by molar-refractivity contribution is 5.46. The molecule has 0 spiro atoms. The average molecular weight is 131 g/mol. The Morgan fingerprint density at radius 3 is 2.78 bits per heavy atom. The van der Waals surface area contributed by atoms with Gasteiger partial charge in [0, 0.05) is 7.11 Å². The van der Waals surface area contributed by atoms with Crippen LogP contribution in [-0.2, 0) is 9.53 Å². The fraction of sp³-hybridized carbons (Fsp3) is 0.833. The lowest BCUT2D eigenvalue weighted by Gasteiger charge is -2.10. The van der Waals surface area contributed by atoms with Gasteiger partial charge in [-0.25, -0.2) is 0 Å². The zero-order valence-electron chi connectivity index (χ0n) is 5.89. The fourth-order valence-corrected chi connectivity index (χ4v) is 0.581. The number of ether oxygens (including phenoxy) is 1. The molecule has 0 aromatic rings. The molecule has 0 aliphatic carbocycles. The molecule has 0 aromatic carbocycles. The standard InChI is InChI=1S/C6H13NO2/c1-3-6(4-9-2)7-5-8/h5-6H,3-4H2,1-2H3,(H,7,8). The van der Waals surface area contributed by atoms with E-state index in [-0.39, 0.29) is 6.04 Å². The van der Waals surface area contributed by atoms with E-state index >= 15 is 0 Å². The van der Waals surface area contributed by atoms with Gasteiger partial charge in [0.2, 0.25) is 6.41 Å². The third-order valence-electron chi connectivity index (χ3n) is 1.16. The molecule has 1 unspecified atom stereocenters. The van der Waals surface area contributed by atoms with Crippen LogP contribution in [0.15, 0.2) is 0 Å². The van der Waals surface area contributed by atoms with Gasteiger partial charge in [-0.2, -0.15) is 0 Å². The Labute approximate surface area is 55.4 Å². The second kappa shape index (κ2) is 5.56. The van der Waals surface area contributed by atoms with Crippen molar-refractivity contribution in [2.45, 2.75) is 19.4 Å². The molecule has 1 N–H and O–H groups in total. The molecule has 0 saturated heterocycles. The summed E-state index contributed by atoms with van der Waals surface area (Å²) in [6.45, 7) is 2.59. The third kappa shape index (κ3) is 3.97. The van der Waals surface area contributed by atoms with Crippen LogP contribution in [0.2, 0.25) is 0 Å². The van der Waals surface area contributed by atoms with E-state index < -0.39 is 0 Å². The van der Waals surface area contributed by atoms with Crippen LogP contribution in [-0.4, -0.2) is 26.2 Å². The van der Waals surface area contributed by atoms with E-state index in [4.69, 9.17) is 4.74 Å². The van der Waals surface area contributed by atoms with Crippen molar-refractivity contribution in [2.24, 2.45) is 0 Å². The Morgan fingerprint density at radius 1 is 1.78 bits per heavy atom. The molecule has 0 heterocycles. The van der Waals surface area contributed by atoms with Crippen LogP contribution in [0.25, 0.3) is 0 Å². The summed E-state index contributed by atoms with van der Waals surface area (Å²) in [5.41, 5.74) is 0. The van der Waals surface area contributed by atoms with Crippen molar-refractivity contribution in [3.8, 4) is 0 Å². The van der Waals surface area contributed by atoms with Gasteiger partial charge in [-0.15, -0.1) is 0 Å². The Morgan fingerprint density at radius 2 is 2.44 bits per heavy atom. The van der Waals surface area contributed by atoms with Crippen LogP contribution < -0.4 is 5.32 Å². The number of rotatable bonds is 5. The van der Waals surface area contributed by atoms with Gasteiger partial charge in [0.15, 0.2) is 0 Å². The van der Waals surface area contributed by atoms with Crippen LogP contribution in [0.1, 0.15) is 13.3 Å². The molecule has 0 fully saturated rings. The number of hydrogen-bond donors (Lipinski definition) is 1. The van der Waals surface area contributed by atoms with Gasteiger partial charge in [-0.3, -0.25) is 4.79 Å². The topological polar surface area (TPSA) is 38.3 Å². The predicted octanol–water partition coefficient (Wildman–Crippen LogP) is 0.157. The SMILES string of the molecule is CCC(COC)NC=O. The van der Waals surface area contributed by atoms with E-state index in [1.54, 1.807) is 7.11 Å². The Bertz CT molecular complexity index is 75.5. The van der Waals surface area contributed by atoms with Crippen LogP contribution in [0.4, 0.5) is 0 Å². The lowest BCUT2D eigenvalue weighted by Crippen LogP contribution is -2.31. The predicted molar refractivity (Wildman–Crippen MR) is 35.2 cm³/mol. The van der Waals surface area contributed by atoms with Gasteiger partial charge in [0.1, 0.15) is 0 Å². The quantitative estimate of drug-likeness (QED) is 0.540. The summed E-state index contributed by atoms with van der Waals surface area (Å²) in [5, 5.41) is 2.63. The van der Waals surface area contributed by atoms with Crippen molar-refractivity contribution in [3.63, 3.8) is 0 Å². The monoisotopic (exact) mass is 131 g/mol. The second-order valence-electron chi connectivity index (χ2n) is 1.85. The van der Waals surface area contributed by atoms with Crippen molar-refractivity contribution in [1.82, 2.24) is 5.32 Å². The van der Waals surface area contributed by atoms with Gasteiger partial charge >= 0.3 is 0 Å². The molecule has 1 amide bonds. The molecule has 54 valence electrons. The minimum Gasteiger partial charge on any atom is -0.383 e. The molecule has 3 nitrogen and oxygen atoms in total. The summed E-state index contributed by atoms with van der Waals surface area (Å²) in [7, 11) is 1.62. The van der Waals surface area contributed by atoms with Crippen molar-refractivity contribution in [1.29, 1.82) is 0 Å². The molecule has 0 radical (unpaired) electrons. The van der Waals surface area contributed by atoms with Crippen LogP contribution in [0.5, 0.6) is 0 Å². The van der Waals surface area contributed by atoms with Crippen molar-refractivity contribution in [3.05, 3.63) is 0 Å². The molecule has 1 atom stereocenters. The highest BCUT2D eigenvalue weighted by Gasteiger charge is 2.00. The third-order valence-corrected chi connectivity index (χ3v) is 1.16. The minimum absolute atomic E-state index is 0.174. The summed E-state index contributed by atoms with van der Waals surface area (Å²) in [6, 6.07) is 0.174. The number of carbonyl (C=O) groups is 1. The van der Waals surface area contributed by atoms with Gasteiger partial charge in [-0.1, -0.05) is 6.92 Å². The summed E-state index contributed by atoms with van der Waals surface area (Å²) in [4.78, 5) is 9.88. The molecular formula is C6H13NO2. The first kappa shape index (κ1) is 8.43. The zero-order valence-corrected chi connectivity index (χ0v) is 5.89. The molecule has 0 rings (SSSR count). The lowest BCUT2D eigenvalue weighted by atomic mass is 10.2. The largest absolute Gasteiger partial charge is 0.383 e. The summed E-state index contributed by atoms with van der Waals surface area (Å²) >= 11 is 0. The molecule has 3 heteroatoms. The van der Waals surface area contributed by atoms with Gasteiger partial charge < -0.3 is 10.1 Å². The van der Waals surface area contributed by atoms with Crippen molar-refractivity contribution in [2.75, 3.05) is 13.7 Å². The van der Waals surface area contributed by atoms with Crippen LogP contribution >= 0.6 is 0 Å². The molecule has 0 aliphatic rings. The Hall–Kier alpha value is -0.570. The Balaban J connectivity index is 3.28. The smallest absolute Gasteiger partial charge is 0.207 e. The molecule has 0 bridgehead atoms. The number of carbonyl (C=O) groups excluding carboxylic acids is 1. The highest BCUT2D eigenvalue weighted by Crippen LogP contribution is 1.88. The van der Waals surface area contributed by atoms with E-state index in [0.717, 1.165) is 6.42 Å².